The predicted octanol–water partition coefficient (Wildman–Crippen LogP) is 0.452. The van der Waals surface area contributed by atoms with Crippen LogP contribution in [0.1, 0.15) is 19.8 Å². The highest BCUT2D eigenvalue weighted by molar-refractivity contribution is 5.77. The lowest BCUT2D eigenvalue weighted by molar-refractivity contribution is -0.129. The fraction of sp³-hybridized carbons (Fsp3) is 0.545. The van der Waals surface area contributed by atoms with Crippen LogP contribution in [0, 0.1) is 0 Å². The molecule has 1 N–H and O–H groups in total. The first-order valence-corrected chi connectivity index (χ1v) is 5.71. The van der Waals surface area contributed by atoms with E-state index in [1.807, 2.05) is 0 Å². The van der Waals surface area contributed by atoms with Gasteiger partial charge in [-0.2, -0.15) is 0 Å². The Morgan fingerprint density at radius 3 is 2.59 bits per heavy atom. The quantitative estimate of drug-likeness (QED) is 0.770. The van der Waals surface area contributed by atoms with Crippen LogP contribution in [0.3, 0.4) is 0 Å². The molecular formula is C11H16N4O2. The molecule has 92 valence electrons. The summed E-state index contributed by atoms with van der Waals surface area (Å²) in [6, 6.07) is -0.0238. The minimum Gasteiger partial charge on any atom is -0.343 e. The highest BCUT2D eigenvalue weighted by atomic mass is 16.2. The molecule has 0 saturated carbocycles. The Morgan fingerprint density at radius 2 is 2.06 bits per heavy atom. The maximum atomic E-state index is 11.7. The van der Waals surface area contributed by atoms with E-state index in [1.165, 1.54) is 10.9 Å². The molecule has 0 spiro atoms. The van der Waals surface area contributed by atoms with Gasteiger partial charge in [-0.15, -0.1) is 0 Å². The van der Waals surface area contributed by atoms with Crippen molar-refractivity contribution in [3.8, 4) is 0 Å². The summed E-state index contributed by atoms with van der Waals surface area (Å²) in [5, 5.41) is 2.93. The molecule has 1 aliphatic rings. The van der Waals surface area contributed by atoms with Gasteiger partial charge in [0.15, 0.2) is 0 Å². The van der Waals surface area contributed by atoms with Crippen molar-refractivity contribution < 1.29 is 9.59 Å². The number of rotatable bonds is 1. The van der Waals surface area contributed by atoms with E-state index in [0.717, 1.165) is 12.8 Å². The first kappa shape index (κ1) is 11.6. The van der Waals surface area contributed by atoms with Crippen LogP contribution >= 0.6 is 0 Å². The van der Waals surface area contributed by atoms with Crippen molar-refractivity contribution in [2.75, 3.05) is 13.1 Å². The maximum absolute atomic E-state index is 11.7. The predicted molar refractivity (Wildman–Crippen MR) is 61.4 cm³/mol. The number of nitrogens with one attached hydrogen (secondary N) is 1. The van der Waals surface area contributed by atoms with Crippen molar-refractivity contribution in [3.05, 3.63) is 18.7 Å². The second-order valence-electron chi connectivity index (χ2n) is 4.20. The van der Waals surface area contributed by atoms with Gasteiger partial charge in [-0.25, -0.2) is 9.78 Å². The minimum atomic E-state index is -0.163. The van der Waals surface area contributed by atoms with Crippen molar-refractivity contribution >= 4 is 11.9 Å². The molecule has 1 aromatic rings. The van der Waals surface area contributed by atoms with Crippen LogP contribution in [0.2, 0.25) is 0 Å². The zero-order valence-corrected chi connectivity index (χ0v) is 9.80. The largest absolute Gasteiger partial charge is 0.343 e. The molecule has 1 saturated heterocycles. The molecule has 0 atom stereocenters. The molecule has 1 fully saturated rings. The standard InChI is InChI=1S/C11H16N4O2/c1-9(16)14-5-2-10(3-6-14)13-11(17)15-7-4-12-8-15/h4,7-8,10H,2-3,5-6H2,1H3,(H,13,17). The van der Waals surface area contributed by atoms with Crippen molar-refractivity contribution in [2.45, 2.75) is 25.8 Å². The Balaban J connectivity index is 1.82. The number of carbonyl (C=O) groups excluding carboxylic acids is 2. The van der Waals surface area contributed by atoms with Crippen LogP contribution in [0.15, 0.2) is 18.7 Å². The van der Waals surface area contributed by atoms with Gasteiger partial charge < -0.3 is 10.2 Å². The van der Waals surface area contributed by atoms with Gasteiger partial charge in [-0.1, -0.05) is 0 Å². The molecule has 1 aromatic heterocycles. The molecule has 0 aromatic carbocycles. The van der Waals surface area contributed by atoms with E-state index in [2.05, 4.69) is 10.3 Å². The average molecular weight is 236 g/mol. The first-order chi connectivity index (χ1) is 8.16. The maximum Gasteiger partial charge on any atom is 0.327 e. The highest BCUT2D eigenvalue weighted by Crippen LogP contribution is 2.10. The van der Waals surface area contributed by atoms with Crippen LogP contribution in [-0.4, -0.2) is 45.5 Å². The Morgan fingerprint density at radius 1 is 1.35 bits per heavy atom. The van der Waals surface area contributed by atoms with Crippen LogP contribution in [0.4, 0.5) is 4.79 Å². The zero-order valence-electron chi connectivity index (χ0n) is 9.80. The molecule has 1 aliphatic heterocycles. The first-order valence-electron chi connectivity index (χ1n) is 5.71. The topological polar surface area (TPSA) is 67.2 Å². The number of aromatic nitrogens is 2. The van der Waals surface area contributed by atoms with Gasteiger partial charge in [0.25, 0.3) is 0 Å². The Labute approximate surface area is 99.6 Å². The summed E-state index contributed by atoms with van der Waals surface area (Å²) in [6.45, 7) is 3.00. The fourth-order valence-corrected chi connectivity index (χ4v) is 1.97. The summed E-state index contributed by atoms with van der Waals surface area (Å²) in [5.74, 6) is 0.101. The minimum absolute atomic E-state index is 0.101. The number of likely N-dealkylation sites (tertiary alicyclic amines) is 1. The molecule has 2 amide bonds. The van der Waals surface area contributed by atoms with Crippen LogP contribution in [0.5, 0.6) is 0 Å². The monoisotopic (exact) mass is 236 g/mol. The Bertz CT molecular complexity index is 394. The lowest BCUT2D eigenvalue weighted by atomic mass is 10.1. The van der Waals surface area contributed by atoms with E-state index >= 15 is 0 Å². The summed E-state index contributed by atoms with van der Waals surface area (Å²) in [6.07, 6.45) is 6.26. The summed E-state index contributed by atoms with van der Waals surface area (Å²) >= 11 is 0. The van der Waals surface area contributed by atoms with E-state index in [-0.39, 0.29) is 18.0 Å². The normalized spacial score (nSPS) is 16.9. The molecule has 0 aliphatic carbocycles. The number of carbonyl (C=O) groups is 2. The number of imidazole rings is 1. The zero-order chi connectivity index (χ0) is 12.3. The Hall–Kier alpha value is -1.85. The number of amides is 2. The summed E-state index contributed by atoms with van der Waals surface area (Å²) in [4.78, 5) is 28.5. The van der Waals surface area contributed by atoms with Crippen molar-refractivity contribution in [2.24, 2.45) is 0 Å². The molecule has 6 nitrogen and oxygen atoms in total. The molecule has 0 radical (unpaired) electrons. The van der Waals surface area contributed by atoms with Crippen molar-refractivity contribution in [1.29, 1.82) is 0 Å². The molecular weight excluding hydrogens is 220 g/mol. The van der Waals surface area contributed by atoms with E-state index in [0.29, 0.717) is 13.1 Å². The average Bonchev–Trinajstić information content (AvgIpc) is 2.83. The van der Waals surface area contributed by atoms with Gasteiger partial charge >= 0.3 is 6.03 Å². The summed E-state index contributed by atoms with van der Waals surface area (Å²) in [7, 11) is 0. The molecule has 2 heterocycles. The summed E-state index contributed by atoms with van der Waals surface area (Å²) in [5.41, 5.74) is 0. The van der Waals surface area contributed by atoms with Crippen LogP contribution in [-0.2, 0) is 4.79 Å². The van der Waals surface area contributed by atoms with Crippen molar-refractivity contribution in [3.63, 3.8) is 0 Å². The lowest BCUT2D eigenvalue weighted by Gasteiger charge is -2.31. The Kier molecular flexibility index (Phi) is 3.41. The van der Waals surface area contributed by atoms with Crippen LogP contribution in [0.25, 0.3) is 0 Å². The van der Waals surface area contributed by atoms with E-state index < -0.39 is 0 Å². The number of hydrogen-bond donors (Lipinski definition) is 1. The molecule has 0 bridgehead atoms. The second-order valence-corrected chi connectivity index (χ2v) is 4.20. The van der Waals surface area contributed by atoms with E-state index in [4.69, 9.17) is 0 Å². The third-order valence-electron chi connectivity index (χ3n) is 3.01. The fourth-order valence-electron chi connectivity index (χ4n) is 1.97. The molecule has 0 unspecified atom stereocenters. The van der Waals surface area contributed by atoms with Crippen LogP contribution < -0.4 is 5.32 Å². The smallest absolute Gasteiger partial charge is 0.327 e. The number of piperidine rings is 1. The van der Waals surface area contributed by atoms with Gasteiger partial charge in [0, 0.05) is 38.4 Å². The van der Waals surface area contributed by atoms with Gasteiger partial charge in [0.1, 0.15) is 6.33 Å². The summed E-state index contributed by atoms with van der Waals surface area (Å²) < 4.78 is 1.41. The SMILES string of the molecule is CC(=O)N1CCC(NC(=O)n2ccnc2)CC1. The molecule has 17 heavy (non-hydrogen) atoms. The number of hydrogen-bond acceptors (Lipinski definition) is 3. The third kappa shape index (κ3) is 2.83. The van der Waals surface area contributed by atoms with Crippen molar-refractivity contribution in [1.82, 2.24) is 19.8 Å². The highest BCUT2D eigenvalue weighted by Gasteiger charge is 2.22. The second kappa shape index (κ2) is 4.99. The van der Waals surface area contributed by atoms with Gasteiger partial charge in [0.05, 0.1) is 0 Å². The van der Waals surface area contributed by atoms with Gasteiger partial charge in [-0.3, -0.25) is 9.36 Å². The lowest BCUT2D eigenvalue weighted by Crippen LogP contribution is -2.46. The molecule has 2 rings (SSSR count). The molecule has 6 heteroatoms. The third-order valence-corrected chi connectivity index (χ3v) is 3.01. The van der Waals surface area contributed by atoms with E-state index in [9.17, 15) is 9.59 Å². The van der Waals surface area contributed by atoms with Gasteiger partial charge in [0.2, 0.25) is 5.91 Å². The van der Waals surface area contributed by atoms with E-state index in [1.54, 1.807) is 24.2 Å². The number of nitrogens with zero attached hydrogens (tertiary/aromatic N) is 3. The van der Waals surface area contributed by atoms with Gasteiger partial charge in [-0.05, 0) is 12.8 Å².